The van der Waals surface area contributed by atoms with Crippen LogP contribution in [0.2, 0.25) is 0 Å². The van der Waals surface area contributed by atoms with Gasteiger partial charge in [-0.1, -0.05) is 20.8 Å². The molecule has 0 spiro atoms. The van der Waals surface area contributed by atoms with E-state index in [1.165, 1.54) is 5.69 Å². The highest BCUT2D eigenvalue weighted by atomic mass is 79.9. The van der Waals surface area contributed by atoms with Gasteiger partial charge < -0.3 is 0 Å². The van der Waals surface area contributed by atoms with Crippen molar-refractivity contribution in [3.63, 3.8) is 0 Å². The third-order valence-electron chi connectivity index (χ3n) is 4.88. The first-order valence-corrected chi connectivity index (χ1v) is 8.77. The Hall–Kier alpha value is -0.640. The summed E-state index contributed by atoms with van der Waals surface area (Å²) < 4.78 is 3.11. The van der Waals surface area contributed by atoms with Gasteiger partial charge in [-0.05, 0) is 54.0 Å². The fourth-order valence-corrected chi connectivity index (χ4v) is 3.84. The third kappa shape index (κ3) is 3.58. The minimum atomic E-state index is 0.153. The molecule has 2 unspecified atom stereocenters. The number of hydrogen-bond acceptors (Lipinski definition) is 2. The summed E-state index contributed by atoms with van der Waals surface area (Å²) >= 11 is 3.65. The third-order valence-corrected chi connectivity index (χ3v) is 5.91. The molecule has 1 aromatic rings. The molecular formula is C17H27BrN2O. The number of ketones is 1. The molecule has 2 rings (SSSR count). The summed E-state index contributed by atoms with van der Waals surface area (Å²) in [6.07, 6.45) is 3.62. The quantitative estimate of drug-likeness (QED) is 0.797. The SMILES string of the molecule is CCn1nc(C)c(Br)c1CC1CC(C(C)(C)C)CCC1=O. The van der Waals surface area contributed by atoms with E-state index in [2.05, 4.69) is 48.7 Å². The van der Waals surface area contributed by atoms with Gasteiger partial charge in [-0.2, -0.15) is 5.10 Å². The molecule has 1 aliphatic rings. The Morgan fingerprint density at radius 2 is 2.05 bits per heavy atom. The summed E-state index contributed by atoms with van der Waals surface area (Å²) in [5.41, 5.74) is 2.49. The van der Waals surface area contributed by atoms with E-state index < -0.39 is 0 Å². The first kappa shape index (κ1) is 16.7. The molecule has 1 heterocycles. The summed E-state index contributed by atoms with van der Waals surface area (Å²) in [7, 11) is 0. The molecule has 4 heteroatoms. The summed E-state index contributed by atoms with van der Waals surface area (Å²) in [6, 6.07) is 0. The van der Waals surface area contributed by atoms with Crippen LogP contribution in [0, 0.1) is 24.2 Å². The normalized spacial score (nSPS) is 23.6. The molecule has 0 amide bonds. The number of carbonyl (C=O) groups is 1. The Labute approximate surface area is 136 Å². The zero-order chi connectivity index (χ0) is 15.8. The molecular weight excluding hydrogens is 328 g/mol. The topological polar surface area (TPSA) is 34.9 Å². The summed E-state index contributed by atoms with van der Waals surface area (Å²) in [5, 5.41) is 4.55. The van der Waals surface area contributed by atoms with Crippen molar-refractivity contribution in [1.82, 2.24) is 9.78 Å². The maximum atomic E-state index is 12.3. The Morgan fingerprint density at radius 1 is 1.38 bits per heavy atom. The summed E-state index contributed by atoms with van der Waals surface area (Å²) in [4.78, 5) is 12.3. The first-order chi connectivity index (χ1) is 9.74. The minimum Gasteiger partial charge on any atom is -0.299 e. The van der Waals surface area contributed by atoms with Gasteiger partial charge >= 0.3 is 0 Å². The molecule has 3 nitrogen and oxygen atoms in total. The van der Waals surface area contributed by atoms with Crippen LogP contribution in [0.15, 0.2) is 4.47 Å². The van der Waals surface area contributed by atoms with Crippen LogP contribution in [-0.2, 0) is 17.8 Å². The van der Waals surface area contributed by atoms with Crippen LogP contribution >= 0.6 is 15.9 Å². The lowest BCUT2D eigenvalue weighted by Crippen LogP contribution is -2.33. The zero-order valence-electron chi connectivity index (χ0n) is 13.9. The van der Waals surface area contributed by atoms with Gasteiger partial charge in [0, 0.05) is 25.3 Å². The van der Waals surface area contributed by atoms with E-state index in [-0.39, 0.29) is 11.3 Å². The number of halogens is 1. The van der Waals surface area contributed by atoms with Crippen molar-refractivity contribution < 1.29 is 4.79 Å². The van der Waals surface area contributed by atoms with E-state index in [1.807, 2.05) is 11.6 Å². The number of nitrogens with zero attached hydrogens (tertiary/aromatic N) is 2. The number of aryl methyl sites for hydroxylation is 2. The monoisotopic (exact) mass is 354 g/mol. The van der Waals surface area contributed by atoms with Crippen molar-refractivity contribution in [1.29, 1.82) is 0 Å². The first-order valence-electron chi connectivity index (χ1n) is 7.98. The van der Waals surface area contributed by atoms with Crippen LogP contribution in [0.3, 0.4) is 0 Å². The lowest BCUT2D eigenvalue weighted by molar-refractivity contribution is -0.126. The summed E-state index contributed by atoms with van der Waals surface area (Å²) in [6.45, 7) is 11.8. The van der Waals surface area contributed by atoms with E-state index in [0.29, 0.717) is 11.7 Å². The van der Waals surface area contributed by atoms with E-state index in [0.717, 1.165) is 42.4 Å². The molecule has 0 aliphatic heterocycles. The molecule has 2 atom stereocenters. The van der Waals surface area contributed by atoms with Gasteiger partial charge in [0.25, 0.3) is 0 Å². The average molecular weight is 355 g/mol. The van der Waals surface area contributed by atoms with Crippen molar-refractivity contribution in [2.45, 2.75) is 66.8 Å². The van der Waals surface area contributed by atoms with Gasteiger partial charge in [0.15, 0.2) is 0 Å². The highest BCUT2D eigenvalue weighted by Gasteiger charge is 2.35. The van der Waals surface area contributed by atoms with Crippen LogP contribution in [0.5, 0.6) is 0 Å². The van der Waals surface area contributed by atoms with Crippen LogP contribution < -0.4 is 0 Å². The van der Waals surface area contributed by atoms with Crippen LogP contribution in [-0.4, -0.2) is 15.6 Å². The van der Waals surface area contributed by atoms with Crippen molar-refractivity contribution in [2.24, 2.45) is 17.3 Å². The van der Waals surface area contributed by atoms with Crippen molar-refractivity contribution >= 4 is 21.7 Å². The lowest BCUT2D eigenvalue weighted by Gasteiger charge is -2.37. The van der Waals surface area contributed by atoms with E-state index in [9.17, 15) is 4.79 Å². The van der Waals surface area contributed by atoms with E-state index >= 15 is 0 Å². The van der Waals surface area contributed by atoms with Crippen molar-refractivity contribution in [2.75, 3.05) is 0 Å². The van der Waals surface area contributed by atoms with E-state index in [4.69, 9.17) is 0 Å². The summed E-state index contributed by atoms with van der Waals surface area (Å²) in [5.74, 6) is 1.22. The Morgan fingerprint density at radius 3 is 2.62 bits per heavy atom. The Kier molecular flexibility index (Phi) is 4.96. The zero-order valence-corrected chi connectivity index (χ0v) is 15.5. The second kappa shape index (κ2) is 6.23. The predicted octanol–water partition coefficient (Wildman–Crippen LogP) is 4.55. The van der Waals surface area contributed by atoms with Gasteiger partial charge in [0.1, 0.15) is 5.78 Å². The van der Waals surface area contributed by atoms with Crippen LogP contribution in [0.4, 0.5) is 0 Å². The van der Waals surface area contributed by atoms with Gasteiger partial charge in [-0.3, -0.25) is 9.48 Å². The number of aromatic nitrogens is 2. The Balaban J connectivity index is 2.19. The second-order valence-corrected chi connectivity index (χ2v) is 8.16. The molecule has 1 aromatic heterocycles. The van der Waals surface area contributed by atoms with Gasteiger partial charge in [-0.25, -0.2) is 0 Å². The number of rotatable bonds is 3. The molecule has 1 fully saturated rings. The highest BCUT2D eigenvalue weighted by Crippen LogP contribution is 2.40. The Bertz CT molecular complexity index is 528. The number of Topliss-reactive ketones (excluding diaryl/α,β-unsaturated/α-hetero) is 1. The molecule has 0 aromatic carbocycles. The molecule has 118 valence electrons. The maximum Gasteiger partial charge on any atom is 0.136 e. The molecule has 0 bridgehead atoms. The van der Waals surface area contributed by atoms with Gasteiger partial charge in [-0.15, -0.1) is 0 Å². The molecule has 0 saturated heterocycles. The van der Waals surface area contributed by atoms with Crippen LogP contribution in [0.1, 0.15) is 58.3 Å². The molecule has 1 aliphatic carbocycles. The average Bonchev–Trinajstić information content (AvgIpc) is 2.67. The highest BCUT2D eigenvalue weighted by molar-refractivity contribution is 9.10. The molecule has 0 N–H and O–H groups in total. The predicted molar refractivity (Wildman–Crippen MR) is 89.3 cm³/mol. The van der Waals surface area contributed by atoms with Crippen molar-refractivity contribution in [3.05, 3.63) is 15.9 Å². The largest absolute Gasteiger partial charge is 0.299 e. The molecule has 1 saturated carbocycles. The standard InChI is InChI=1S/C17H27BrN2O/c1-6-20-14(16(18)11(2)19-20)10-12-9-13(17(3,4)5)7-8-15(12)21/h12-13H,6-10H2,1-5H3. The second-order valence-electron chi connectivity index (χ2n) is 7.37. The smallest absolute Gasteiger partial charge is 0.136 e. The van der Waals surface area contributed by atoms with Gasteiger partial charge in [0.2, 0.25) is 0 Å². The number of hydrogen-bond donors (Lipinski definition) is 0. The van der Waals surface area contributed by atoms with Crippen molar-refractivity contribution in [3.8, 4) is 0 Å². The van der Waals surface area contributed by atoms with Crippen LogP contribution in [0.25, 0.3) is 0 Å². The molecule has 0 radical (unpaired) electrons. The lowest BCUT2D eigenvalue weighted by atomic mass is 9.68. The molecule has 21 heavy (non-hydrogen) atoms. The fraction of sp³-hybridized carbons (Fsp3) is 0.765. The van der Waals surface area contributed by atoms with Gasteiger partial charge in [0.05, 0.1) is 15.9 Å². The number of carbonyl (C=O) groups excluding carboxylic acids is 1. The fourth-order valence-electron chi connectivity index (χ4n) is 3.39. The minimum absolute atomic E-state index is 0.153. The van der Waals surface area contributed by atoms with E-state index in [1.54, 1.807) is 0 Å². The maximum absolute atomic E-state index is 12.3.